The van der Waals surface area contributed by atoms with Gasteiger partial charge in [-0.05, 0) is 25.8 Å². The summed E-state index contributed by atoms with van der Waals surface area (Å²) in [4.78, 5) is 7.90. The topological polar surface area (TPSA) is 49.8 Å². The lowest BCUT2D eigenvalue weighted by atomic mass is 10.1. The summed E-state index contributed by atoms with van der Waals surface area (Å²) in [7, 11) is 0. The van der Waals surface area contributed by atoms with Gasteiger partial charge in [0, 0.05) is 12.6 Å². The molecule has 0 aliphatic carbocycles. The van der Waals surface area contributed by atoms with Crippen LogP contribution in [0.25, 0.3) is 0 Å². The van der Waals surface area contributed by atoms with Crippen LogP contribution < -0.4 is 10.6 Å². The molecular weight excluding hydrogens is 212 g/mol. The van der Waals surface area contributed by atoms with Crippen LogP contribution in [-0.2, 0) is 0 Å². The molecule has 1 aromatic heterocycles. The Morgan fingerprint density at radius 1 is 1.60 bits per heavy atom. The highest BCUT2D eigenvalue weighted by atomic mass is 35.5. The fourth-order valence-electron chi connectivity index (χ4n) is 1.81. The maximum absolute atomic E-state index is 5.92. The zero-order valence-electron chi connectivity index (χ0n) is 8.54. The number of aromatic nitrogens is 2. The van der Waals surface area contributed by atoms with Gasteiger partial charge in [0.15, 0.2) is 0 Å². The first-order chi connectivity index (χ1) is 7.36. The average Bonchev–Trinajstić information content (AvgIpc) is 2.74. The fraction of sp³-hybridized carbons (Fsp3) is 0.600. The van der Waals surface area contributed by atoms with E-state index in [0.29, 0.717) is 11.1 Å². The summed E-state index contributed by atoms with van der Waals surface area (Å²) < 4.78 is 0. The maximum atomic E-state index is 5.92. The molecule has 0 bridgehead atoms. The number of anilines is 1. The summed E-state index contributed by atoms with van der Waals surface area (Å²) in [5.74, 6) is 0.727. The summed E-state index contributed by atoms with van der Waals surface area (Å²) in [5, 5.41) is 7.25. The van der Waals surface area contributed by atoms with Crippen molar-refractivity contribution in [2.45, 2.75) is 25.3 Å². The van der Waals surface area contributed by atoms with Gasteiger partial charge in [0.05, 0.1) is 6.20 Å². The van der Waals surface area contributed by atoms with E-state index < -0.39 is 0 Å². The van der Waals surface area contributed by atoms with Gasteiger partial charge in [-0.1, -0.05) is 11.6 Å². The summed E-state index contributed by atoms with van der Waals surface area (Å²) in [6, 6.07) is 0.651. The highest BCUT2D eigenvalue weighted by molar-refractivity contribution is 6.32. The third-order valence-corrected chi connectivity index (χ3v) is 2.89. The zero-order valence-corrected chi connectivity index (χ0v) is 9.30. The van der Waals surface area contributed by atoms with Crippen molar-refractivity contribution in [1.29, 1.82) is 0 Å². The maximum Gasteiger partial charge on any atom is 0.148 e. The highest BCUT2D eigenvalue weighted by Gasteiger charge is 2.13. The minimum Gasteiger partial charge on any atom is -0.369 e. The van der Waals surface area contributed by atoms with Gasteiger partial charge in [0.1, 0.15) is 17.2 Å². The SMILES string of the molecule is Clc1cncnc1NCC[C@@H]1CCCN1. The minimum atomic E-state index is 0.580. The van der Waals surface area contributed by atoms with Gasteiger partial charge in [0.25, 0.3) is 0 Å². The molecule has 1 aliphatic heterocycles. The molecule has 1 saturated heterocycles. The molecule has 2 N–H and O–H groups in total. The molecule has 1 fully saturated rings. The van der Waals surface area contributed by atoms with Gasteiger partial charge < -0.3 is 10.6 Å². The zero-order chi connectivity index (χ0) is 10.5. The van der Waals surface area contributed by atoms with E-state index >= 15 is 0 Å². The van der Waals surface area contributed by atoms with Crippen molar-refractivity contribution in [2.75, 3.05) is 18.4 Å². The number of rotatable bonds is 4. The van der Waals surface area contributed by atoms with Crippen LogP contribution in [0, 0.1) is 0 Å². The Kier molecular flexibility index (Phi) is 3.75. The lowest BCUT2D eigenvalue weighted by Crippen LogP contribution is -2.24. The normalized spacial score (nSPS) is 20.5. The Morgan fingerprint density at radius 3 is 3.27 bits per heavy atom. The molecule has 2 heterocycles. The van der Waals surface area contributed by atoms with E-state index in [1.807, 2.05) is 0 Å². The van der Waals surface area contributed by atoms with E-state index in [9.17, 15) is 0 Å². The summed E-state index contributed by atoms with van der Waals surface area (Å²) in [5.41, 5.74) is 0. The van der Waals surface area contributed by atoms with Crippen LogP contribution in [0.4, 0.5) is 5.82 Å². The second-order valence-corrected chi connectivity index (χ2v) is 4.14. The molecule has 1 atom stereocenters. The Balaban J connectivity index is 1.75. The average molecular weight is 227 g/mol. The lowest BCUT2D eigenvalue weighted by Gasteiger charge is -2.11. The van der Waals surface area contributed by atoms with Gasteiger partial charge in [-0.25, -0.2) is 9.97 Å². The van der Waals surface area contributed by atoms with Gasteiger partial charge in [-0.15, -0.1) is 0 Å². The number of halogens is 1. The van der Waals surface area contributed by atoms with Crippen LogP contribution in [0.3, 0.4) is 0 Å². The molecule has 0 saturated carbocycles. The molecule has 1 aromatic rings. The fourth-order valence-corrected chi connectivity index (χ4v) is 1.98. The molecule has 2 rings (SSSR count). The lowest BCUT2D eigenvalue weighted by molar-refractivity contribution is 0.574. The van der Waals surface area contributed by atoms with Crippen LogP contribution in [0.1, 0.15) is 19.3 Å². The summed E-state index contributed by atoms with van der Waals surface area (Å²) >= 11 is 5.92. The molecule has 5 heteroatoms. The van der Waals surface area contributed by atoms with E-state index in [1.54, 1.807) is 6.20 Å². The predicted octanol–water partition coefficient (Wildman–Crippen LogP) is 1.68. The Morgan fingerprint density at radius 2 is 2.53 bits per heavy atom. The van der Waals surface area contributed by atoms with E-state index in [2.05, 4.69) is 20.6 Å². The molecule has 1 aliphatic rings. The highest BCUT2D eigenvalue weighted by Crippen LogP contribution is 2.16. The summed E-state index contributed by atoms with van der Waals surface area (Å²) in [6.45, 7) is 2.05. The largest absolute Gasteiger partial charge is 0.369 e. The van der Waals surface area contributed by atoms with Crippen molar-refractivity contribution in [3.05, 3.63) is 17.5 Å². The first-order valence-corrected chi connectivity index (χ1v) is 5.67. The van der Waals surface area contributed by atoms with Crippen LogP contribution in [0.2, 0.25) is 5.02 Å². The molecule has 0 spiro atoms. The number of nitrogens with one attached hydrogen (secondary N) is 2. The molecule has 0 amide bonds. The molecule has 0 radical (unpaired) electrons. The van der Waals surface area contributed by atoms with E-state index in [1.165, 1.54) is 19.2 Å². The molecule has 4 nitrogen and oxygen atoms in total. The van der Waals surface area contributed by atoms with Crippen molar-refractivity contribution in [3.8, 4) is 0 Å². The number of hydrogen-bond acceptors (Lipinski definition) is 4. The van der Waals surface area contributed by atoms with Crippen LogP contribution >= 0.6 is 11.6 Å². The second kappa shape index (κ2) is 5.28. The molecular formula is C10H15ClN4. The smallest absolute Gasteiger partial charge is 0.148 e. The first-order valence-electron chi connectivity index (χ1n) is 5.29. The number of nitrogens with zero attached hydrogens (tertiary/aromatic N) is 2. The van der Waals surface area contributed by atoms with Crippen molar-refractivity contribution in [1.82, 2.24) is 15.3 Å². The van der Waals surface area contributed by atoms with Crippen LogP contribution in [0.5, 0.6) is 0 Å². The van der Waals surface area contributed by atoms with E-state index in [0.717, 1.165) is 25.3 Å². The molecule has 82 valence electrons. The third-order valence-electron chi connectivity index (χ3n) is 2.62. The van der Waals surface area contributed by atoms with Crippen molar-refractivity contribution >= 4 is 17.4 Å². The van der Waals surface area contributed by atoms with Gasteiger partial charge >= 0.3 is 0 Å². The number of hydrogen-bond donors (Lipinski definition) is 2. The molecule has 0 aromatic carbocycles. The van der Waals surface area contributed by atoms with Crippen LogP contribution in [-0.4, -0.2) is 29.1 Å². The summed E-state index contributed by atoms with van der Waals surface area (Å²) in [6.07, 6.45) is 6.78. The third kappa shape index (κ3) is 3.04. The molecule has 0 unspecified atom stereocenters. The van der Waals surface area contributed by atoms with E-state index in [-0.39, 0.29) is 0 Å². The standard InChI is InChI=1S/C10H15ClN4/c11-9-6-12-7-15-10(9)14-5-3-8-2-1-4-13-8/h6-8,13H,1-5H2,(H,12,14,15)/t8-/m0/s1. The quantitative estimate of drug-likeness (QED) is 0.821. The van der Waals surface area contributed by atoms with Crippen molar-refractivity contribution in [3.63, 3.8) is 0 Å². The Labute approximate surface area is 94.5 Å². The molecule has 15 heavy (non-hydrogen) atoms. The van der Waals surface area contributed by atoms with Crippen molar-refractivity contribution in [2.24, 2.45) is 0 Å². The monoisotopic (exact) mass is 226 g/mol. The van der Waals surface area contributed by atoms with Crippen LogP contribution in [0.15, 0.2) is 12.5 Å². The van der Waals surface area contributed by atoms with Gasteiger partial charge in [-0.3, -0.25) is 0 Å². The minimum absolute atomic E-state index is 0.580. The van der Waals surface area contributed by atoms with Gasteiger partial charge in [0.2, 0.25) is 0 Å². The Hall–Kier alpha value is -0.870. The predicted molar refractivity (Wildman–Crippen MR) is 61.2 cm³/mol. The first kappa shape index (κ1) is 10.6. The van der Waals surface area contributed by atoms with Gasteiger partial charge in [-0.2, -0.15) is 0 Å². The second-order valence-electron chi connectivity index (χ2n) is 3.73. The van der Waals surface area contributed by atoms with Crippen molar-refractivity contribution < 1.29 is 0 Å². The Bertz CT molecular complexity index is 312. The van der Waals surface area contributed by atoms with E-state index in [4.69, 9.17) is 11.6 Å².